The third-order valence-corrected chi connectivity index (χ3v) is 7.18. The smallest absolute Gasteiger partial charge is 0.336 e. The Morgan fingerprint density at radius 1 is 1.06 bits per heavy atom. The fourth-order valence-corrected chi connectivity index (χ4v) is 5.20. The lowest BCUT2D eigenvalue weighted by molar-refractivity contribution is -0.140. The van der Waals surface area contributed by atoms with Gasteiger partial charge in [0.15, 0.2) is 6.61 Å². The van der Waals surface area contributed by atoms with Gasteiger partial charge in [0.2, 0.25) is 0 Å². The van der Waals surface area contributed by atoms with Crippen LogP contribution in [-0.2, 0) is 9.59 Å². The van der Waals surface area contributed by atoms with Crippen LogP contribution < -0.4 is 15.8 Å². The molecule has 0 saturated carbocycles. The number of nitrogens with one attached hydrogen (secondary N) is 1. The highest BCUT2D eigenvalue weighted by Crippen LogP contribution is 2.37. The number of rotatable bonds is 6. The van der Waals surface area contributed by atoms with Crippen molar-refractivity contribution in [1.82, 2.24) is 10.4 Å². The highest BCUT2D eigenvalue weighted by Gasteiger charge is 2.34. The number of ether oxygens (including phenoxy) is 1. The van der Waals surface area contributed by atoms with Crippen LogP contribution in [0, 0.1) is 0 Å². The predicted octanol–water partition coefficient (Wildman–Crippen LogP) is 4.91. The van der Waals surface area contributed by atoms with Gasteiger partial charge in [-0.05, 0) is 41.0 Å². The molecular weight excluding hydrogens is 532 g/mol. The van der Waals surface area contributed by atoms with Crippen LogP contribution in [0.25, 0.3) is 22.1 Å². The minimum Gasteiger partial charge on any atom is -0.484 e. The van der Waals surface area contributed by atoms with E-state index in [4.69, 9.17) is 9.15 Å². The molecule has 0 spiro atoms. The molecule has 176 valence electrons. The molecule has 0 radical (unpaired) electrons. The zero-order chi connectivity index (χ0) is 24.4. The van der Waals surface area contributed by atoms with Crippen molar-refractivity contribution >= 4 is 50.5 Å². The van der Waals surface area contributed by atoms with Crippen LogP contribution >= 0.6 is 27.7 Å². The second kappa shape index (κ2) is 9.97. The van der Waals surface area contributed by atoms with Gasteiger partial charge in [-0.3, -0.25) is 15.0 Å². The Kier molecular flexibility index (Phi) is 6.61. The van der Waals surface area contributed by atoms with Crippen LogP contribution in [0.2, 0.25) is 0 Å². The molecule has 1 fully saturated rings. The first kappa shape index (κ1) is 23.2. The molecule has 1 unspecified atom stereocenters. The van der Waals surface area contributed by atoms with Gasteiger partial charge in [-0.15, -0.1) is 11.8 Å². The fraction of sp³-hybridized carbons (Fsp3) is 0.115. The molecule has 2 heterocycles. The minimum absolute atomic E-state index is 0.183. The van der Waals surface area contributed by atoms with E-state index in [1.165, 1.54) is 22.8 Å². The molecule has 4 aromatic rings. The summed E-state index contributed by atoms with van der Waals surface area (Å²) in [7, 11) is 0. The number of nitrogens with zero attached hydrogens (tertiary/aromatic N) is 1. The summed E-state index contributed by atoms with van der Waals surface area (Å²) in [6.45, 7) is -0.310. The van der Waals surface area contributed by atoms with Crippen molar-refractivity contribution < 1.29 is 18.7 Å². The normalized spacial score (nSPS) is 15.4. The maximum Gasteiger partial charge on any atom is 0.336 e. The highest BCUT2D eigenvalue weighted by molar-refractivity contribution is 9.10. The maximum atomic E-state index is 12.6. The van der Waals surface area contributed by atoms with E-state index in [0.717, 1.165) is 26.5 Å². The van der Waals surface area contributed by atoms with Gasteiger partial charge in [0.25, 0.3) is 11.8 Å². The number of hydrogen-bond donors (Lipinski definition) is 1. The molecule has 1 N–H and O–H groups in total. The van der Waals surface area contributed by atoms with E-state index in [-0.39, 0.29) is 23.6 Å². The van der Waals surface area contributed by atoms with E-state index in [2.05, 4.69) is 21.4 Å². The molecule has 3 aromatic carbocycles. The monoisotopic (exact) mass is 550 g/mol. The van der Waals surface area contributed by atoms with Gasteiger partial charge in [-0.25, -0.2) is 9.80 Å². The Bertz CT molecular complexity index is 1460. The number of hydrogen-bond acceptors (Lipinski definition) is 6. The summed E-state index contributed by atoms with van der Waals surface area (Å²) in [4.78, 5) is 37.1. The van der Waals surface area contributed by atoms with E-state index >= 15 is 0 Å². The molecule has 1 aromatic heterocycles. The molecule has 2 amide bonds. The van der Waals surface area contributed by atoms with Crippen molar-refractivity contribution in [3.8, 4) is 16.9 Å². The zero-order valence-electron chi connectivity index (χ0n) is 18.3. The van der Waals surface area contributed by atoms with Gasteiger partial charge < -0.3 is 9.15 Å². The molecule has 1 saturated heterocycles. The Hall–Kier alpha value is -3.56. The van der Waals surface area contributed by atoms with E-state index in [1.807, 2.05) is 54.6 Å². The van der Waals surface area contributed by atoms with Crippen LogP contribution in [-0.4, -0.2) is 29.2 Å². The van der Waals surface area contributed by atoms with Crippen molar-refractivity contribution in [2.45, 2.75) is 5.37 Å². The van der Waals surface area contributed by atoms with E-state index in [1.54, 1.807) is 18.2 Å². The lowest BCUT2D eigenvalue weighted by Crippen LogP contribution is -2.46. The number of thioether (sulfide) groups is 1. The number of fused-ring (bicyclic) bond motifs is 1. The minimum atomic E-state index is -0.477. The quantitative estimate of drug-likeness (QED) is 0.343. The second-order valence-corrected chi connectivity index (χ2v) is 9.79. The van der Waals surface area contributed by atoms with Gasteiger partial charge in [0.1, 0.15) is 16.7 Å². The van der Waals surface area contributed by atoms with Crippen molar-refractivity contribution in [1.29, 1.82) is 0 Å². The first-order valence-electron chi connectivity index (χ1n) is 10.7. The van der Waals surface area contributed by atoms with Crippen LogP contribution in [0.1, 0.15) is 10.9 Å². The number of carbonyl (C=O) groups excluding carboxylic acids is 2. The summed E-state index contributed by atoms with van der Waals surface area (Å²) in [6, 6.07) is 23.7. The molecule has 35 heavy (non-hydrogen) atoms. The molecule has 5 rings (SSSR count). The molecular formula is C26H19BrN2O5S. The Balaban J connectivity index is 1.29. The van der Waals surface area contributed by atoms with Crippen molar-refractivity contribution in [3.63, 3.8) is 0 Å². The summed E-state index contributed by atoms with van der Waals surface area (Å²) >= 11 is 4.84. The summed E-state index contributed by atoms with van der Waals surface area (Å²) in [5.41, 5.74) is 5.09. The first-order chi connectivity index (χ1) is 17.0. The van der Waals surface area contributed by atoms with E-state index in [0.29, 0.717) is 11.3 Å². The third-order valence-electron chi connectivity index (χ3n) is 5.44. The second-order valence-electron chi connectivity index (χ2n) is 7.81. The maximum absolute atomic E-state index is 12.6. The number of amides is 2. The van der Waals surface area contributed by atoms with Gasteiger partial charge in [0.05, 0.1) is 5.75 Å². The van der Waals surface area contributed by atoms with Crippen molar-refractivity contribution in [2.75, 3.05) is 12.4 Å². The van der Waals surface area contributed by atoms with Crippen LogP contribution in [0.4, 0.5) is 0 Å². The number of benzene rings is 3. The predicted molar refractivity (Wildman–Crippen MR) is 138 cm³/mol. The Morgan fingerprint density at radius 3 is 2.60 bits per heavy atom. The molecule has 0 bridgehead atoms. The van der Waals surface area contributed by atoms with E-state index < -0.39 is 11.5 Å². The average Bonchev–Trinajstić information content (AvgIpc) is 3.22. The molecule has 0 aliphatic carbocycles. The fourth-order valence-electron chi connectivity index (χ4n) is 3.82. The average molecular weight is 551 g/mol. The summed E-state index contributed by atoms with van der Waals surface area (Å²) in [5, 5.41) is 1.78. The summed E-state index contributed by atoms with van der Waals surface area (Å²) in [5.74, 6) is -0.0117. The summed E-state index contributed by atoms with van der Waals surface area (Å²) in [6.07, 6.45) is 0. The zero-order valence-corrected chi connectivity index (χ0v) is 20.7. The van der Waals surface area contributed by atoms with Crippen molar-refractivity contribution in [3.05, 3.63) is 99.3 Å². The molecule has 9 heteroatoms. The number of carbonyl (C=O) groups is 2. The van der Waals surface area contributed by atoms with Gasteiger partial charge in [0, 0.05) is 22.0 Å². The summed E-state index contributed by atoms with van der Waals surface area (Å²) < 4.78 is 11.9. The Morgan fingerprint density at radius 2 is 1.83 bits per heavy atom. The number of halogens is 1. The standard InChI is InChI=1S/C26H19BrN2O5S/c27-18-8-6-17(7-9-18)26-29(24(31)15-35-26)28-23(30)14-33-19-10-11-20-21(16-4-2-1-3-5-16)13-25(32)34-22(20)12-19/h1-13,26H,14-15H2,(H,28,30). The highest BCUT2D eigenvalue weighted by atomic mass is 79.9. The SMILES string of the molecule is O=C(COc1ccc2c(-c3ccccc3)cc(=O)oc2c1)NN1C(=O)CSC1c1ccc(Br)cc1. The number of hydrazine groups is 1. The van der Waals surface area contributed by atoms with Crippen molar-refractivity contribution in [2.24, 2.45) is 0 Å². The Labute approximate surface area is 213 Å². The van der Waals surface area contributed by atoms with Crippen LogP contribution in [0.3, 0.4) is 0 Å². The van der Waals surface area contributed by atoms with Gasteiger partial charge in [-0.1, -0.05) is 58.4 Å². The van der Waals surface area contributed by atoms with Crippen LogP contribution in [0.5, 0.6) is 5.75 Å². The van der Waals surface area contributed by atoms with Gasteiger partial charge >= 0.3 is 5.63 Å². The topological polar surface area (TPSA) is 88.8 Å². The largest absolute Gasteiger partial charge is 0.484 e. The molecule has 1 aliphatic rings. The lowest BCUT2D eigenvalue weighted by atomic mass is 10.0. The first-order valence-corrected chi connectivity index (χ1v) is 12.6. The van der Waals surface area contributed by atoms with Crippen LogP contribution in [0.15, 0.2) is 92.5 Å². The molecule has 7 nitrogen and oxygen atoms in total. The third kappa shape index (κ3) is 5.11. The van der Waals surface area contributed by atoms with Gasteiger partial charge in [-0.2, -0.15) is 0 Å². The van der Waals surface area contributed by atoms with E-state index in [9.17, 15) is 14.4 Å². The lowest BCUT2D eigenvalue weighted by Gasteiger charge is -2.24. The molecule has 1 aliphatic heterocycles. The molecule has 1 atom stereocenters.